The van der Waals surface area contributed by atoms with Gasteiger partial charge >= 0.3 is 0 Å². The summed E-state index contributed by atoms with van der Waals surface area (Å²) in [6, 6.07) is 10.1. The van der Waals surface area contributed by atoms with E-state index >= 15 is 0 Å². The Labute approximate surface area is 159 Å². The molecule has 144 valence electrons. The number of hydrogen-bond acceptors (Lipinski definition) is 3. The van der Waals surface area contributed by atoms with Crippen LogP contribution in [0.25, 0.3) is 10.9 Å². The summed E-state index contributed by atoms with van der Waals surface area (Å²) in [6.07, 6.45) is 0.913. The summed E-state index contributed by atoms with van der Waals surface area (Å²) in [7, 11) is 0. The monoisotopic (exact) mass is 368 g/mol. The van der Waals surface area contributed by atoms with Gasteiger partial charge in [0.05, 0.1) is 5.92 Å². The van der Waals surface area contributed by atoms with E-state index in [1.165, 1.54) is 0 Å². The highest BCUT2D eigenvalue weighted by Gasteiger charge is 2.38. The summed E-state index contributed by atoms with van der Waals surface area (Å²) in [4.78, 5) is 32.8. The van der Waals surface area contributed by atoms with Gasteiger partial charge in [0.25, 0.3) is 5.91 Å². The van der Waals surface area contributed by atoms with E-state index < -0.39 is 0 Å². The van der Waals surface area contributed by atoms with Crippen LogP contribution in [0.15, 0.2) is 30.3 Å². The maximum atomic E-state index is 13.0. The molecule has 2 fully saturated rings. The molecule has 2 N–H and O–H groups in total. The van der Waals surface area contributed by atoms with Gasteiger partial charge in [0, 0.05) is 43.1 Å². The summed E-state index contributed by atoms with van der Waals surface area (Å²) in [5, 5.41) is 4.52. The predicted octanol–water partition coefficient (Wildman–Crippen LogP) is 2.09. The largest absolute Gasteiger partial charge is 0.351 e. The van der Waals surface area contributed by atoms with Gasteiger partial charge in [-0.15, -0.1) is 0 Å². The molecule has 0 radical (unpaired) electrons. The first-order valence-electron chi connectivity index (χ1n) is 9.94. The Hall–Kier alpha value is -2.34. The minimum atomic E-state index is 0.0147. The van der Waals surface area contributed by atoms with Gasteiger partial charge in [-0.1, -0.05) is 32.0 Å². The van der Waals surface area contributed by atoms with E-state index in [0.29, 0.717) is 37.8 Å². The molecular weight excluding hydrogens is 340 g/mol. The third-order valence-corrected chi connectivity index (χ3v) is 5.94. The number of carbonyl (C=O) groups excluding carboxylic acids is 2. The summed E-state index contributed by atoms with van der Waals surface area (Å²) in [5.41, 5.74) is 1.60. The molecule has 4 rings (SSSR count). The standard InChI is InChI=1S/C21H28N4O2/c1-14(2)19-16(7-8-22-19)20(26)24-9-11-25(12-10-24)21(27)18-13-15-5-3-4-6-17(15)23-18/h3-6,13-14,16,19,22-23H,7-12H2,1-2H3. The number of aromatic nitrogens is 1. The number of rotatable bonds is 3. The molecule has 2 aromatic rings. The van der Waals surface area contributed by atoms with Gasteiger partial charge in [-0.25, -0.2) is 0 Å². The highest BCUT2D eigenvalue weighted by molar-refractivity contribution is 5.98. The van der Waals surface area contributed by atoms with Crippen molar-refractivity contribution in [1.29, 1.82) is 0 Å². The van der Waals surface area contributed by atoms with Crippen molar-refractivity contribution >= 4 is 22.7 Å². The van der Waals surface area contributed by atoms with E-state index in [1.807, 2.05) is 40.1 Å². The number of nitrogens with one attached hydrogen (secondary N) is 2. The van der Waals surface area contributed by atoms with Crippen LogP contribution in [0.5, 0.6) is 0 Å². The average molecular weight is 368 g/mol. The van der Waals surface area contributed by atoms with Crippen LogP contribution in [0.4, 0.5) is 0 Å². The molecule has 0 bridgehead atoms. The lowest BCUT2D eigenvalue weighted by molar-refractivity contribution is -0.137. The highest BCUT2D eigenvalue weighted by Crippen LogP contribution is 2.25. The van der Waals surface area contributed by atoms with Crippen LogP contribution in [-0.4, -0.2) is 65.4 Å². The molecule has 0 saturated carbocycles. The highest BCUT2D eigenvalue weighted by atomic mass is 16.2. The van der Waals surface area contributed by atoms with Crippen molar-refractivity contribution in [2.45, 2.75) is 26.3 Å². The number of nitrogens with zero attached hydrogens (tertiary/aromatic N) is 2. The lowest BCUT2D eigenvalue weighted by Gasteiger charge is -2.37. The second-order valence-corrected chi connectivity index (χ2v) is 8.01. The zero-order valence-corrected chi connectivity index (χ0v) is 16.1. The number of hydrogen-bond donors (Lipinski definition) is 2. The maximum absolute atomic E-state index is 13.0. The first-order chi connectivity index (χ1) is 13.0. The van der Waals surface area contributed by atoms with E-state index in [-0.39, 0.29) is 23.8 Å². The van der Waals surface area contributed by atoms with E-state index in [2.05, 4.69) is 24.1 Å². The number of carbonyl (C=O) groups is 2. The first kappa shape index (κ1) is 18.0. The lowest BCUT2D eigenvalue weighted by Crippen LogP contribution is -2.53. The zero-order chi connectivity index (χ0) is 19.0. The molecule has 27 heavy (non-hydrogen) atoms. The molecule has 2 aliphatic rings. The first-order valence-corrected chi connectivity index (χ1v) is 9.94. The van der Waals surface area contributed by atoms with Crippen LogP contribution in [0, 0.1) is 11.8 Å². The fourth-order valence-corrected chi connectivity index (χ4v) is 4.43. The SMILES string of the molecule is CC(C)C1NCCC1C(=O)N1CCN(C(=O)c2cc3ccccc3[nH]2)CC1. The maximum Gasteiger partial charge on any atom is 0.270 e. The van der Waals surface area contributed by atoms with Crippen LogP contribution in [0.2, 0.25) is 0 Å². The topological polar surface area (TPSA) is 68.4 Å². The zero-order valence-electron chi connectivity index (χ0n) is 16.1. The van der Waals surface area contributed by atoms with Gasteiger partial charge in [-0.3, -0.25) is 9.59 Å². The second-order valence-electron chi connectivity index (χ2n) is 8.01. The van der Waals surface area contributed by atoms with Crippen molar-refractivity contribution in [1.82, 2.24) is 20.1 Å². The molecule has 6 nitrogen and oxygen atoms in total. The molecule has 0 aliphatic carbocycles. The predicted molar refractivity (Wildman–Crippen MR) is 106 cm³/mol. The van der Waals surface area contributed by atoms with Crippen molar-refractivity contribution in [3.8, 4) is 0 Å². The number of H-pyrrole nitrogens is 1. The van der Waals surface area contributed by atoms with Crippen molar-refractivity contribution in [2.24, 2.45) is 11.8 Å². The number of amides is 2. The normalized spacial score (nSPS) is 23.4. The lowest BCUT2D eigenvalue weighted by atomic mass is 9.90. The second kappa shape index (κ2) is 7.35. The Bertz CT molecular complexity index is 803. The number of fused-ring (bicyclic) bond motifs is 1. The number of piperazine rings is 1. The Kier molecular flexibility index (Phi) is 4.91. The minimum absolute atomic E-state index is 0.0147. The van der Waals surface area contributed by atoms with E-state index in [0.717, 1.165) is 23.9 Å². The van der Waals surface area contributed by atoms with Crippen LogP contribution in [0.3, 0.4) is 0 Å². The summed E-state index contributed by atoms with van der Waals surface area (Å²) >= 11 is 0. The molecule has 1 aromatic heterocycles. The molecular formula is C21H28N4O2. The van der Waals surface area contributed by atoms with Crippen molar-refractivity contribution in [2.75, 3.05) is 32.7 Å². The Balaban J connectivity index is 1.38. The van der Waals surface area contributed by atoms with Gasteiger partial charge in [-0.2, -0.15) is 0 Å². The quantitative estimate of drug-likeness (QED) is 0.872. The van der Waals surface area contributed by atoms with Crippen LogP contribution >= 0.6 is 0 Å². The van der Waals surface area contributed by atoms with E-state index in [4.69, 9.17) is 0 Å². The minimum Gasteiger partial charge on any atom is -0.351 e. The fourth-order valence-electron chi connectivity index (χ4n) is 4.43. The van der Waals surface area contributed by atoms with Crippen LogP contribution < -0.4 is 5.32 Å². The molecule has 2 aliphatic heterocycles. The third-order valence-electron chi connectivity index (χ3n) is 5.94. The number of benzene rings is 1. The number of para-hydroxylation sites is 1. The van der Waals surface area contributed by atoms with Gasteiger partial charge in [0.1, 0.15) is 5.69 Å². The molecule has 2 amide bonds. The van der Waals surface area contributed by atoms with E-state index in [1.54, 1.807) is 0 Å². The van der Waals surface area contributed by atoms with Crippen molar-refractivity contribution in [3.63, 3.8) is 0 Å². The van der Waals surface area contributed by atoms with Crippen molar-refractivity contribution in [3.05, 3.63) is 36.0 Å². The van der Waals surface area contributed by atoms with Gasteiger partial charge in [0.15, 0.2) is 0 Å². The molecule has 1 aromatic carbocycles. The van der Waals surface area contributed by atoms with Crippen LogP contribution in [-0.2, 0) is 4.79 Å². The third kappa shape index (κ3) is 3.46. The summed E-state index contributed by atoms with van der Waals surface area (Å²) in [5.74, 6) is 0.782. The Morgan fingerprint density at radius 1 is 1.07 bits per heavy atom. The Morgan fingerprint density at radius 3 is 2.48 bits per heavy atom. The molecule has 6 heteroatoms. The summed E-state index contributed by atoms with van der Waals surface area (Å²) in [6.45, 7) is 7.66. The smallest absolute Gasteiger partial charge is 0.270 e. The Morgan fingerprint density at radius 2 is 1.78 bits per heavy atom. The molecule has 0 spiro atoms. The van der Waals surface area contributed by atoms with Crippen molar-refractivity contribution < 1.29 is 9.59 Å². The van der Waals surface area contributed by atoms with Gasteiger partial charge in [0.2, 0.25) is 5.91 Å². The average Bonchev–Trinajstić information content (AvgIpc) is 3.34. The number of aromatic amines is 1. The van der Waals surface area contributed by atoms with Gasteiger partial charge in [-0.05, 0) is 31.0 Å². The molecule has 3 heterocycles. The van der Waals surface area contributed by atoms with Crippen LogP contribution in [0.1, 0.15) is 30.8 Å². The fraction of sp³-hybridized carbons (Fsp3) is 0.524. The van der Waals surface area contributed by atoms with E-state index in [9.17, 15) is 9.59 Å². The summed E-state index contributed by atoms with van der Waals surface area (Å²) < 4.78 is 0. The molecule has 2 unspecified atom stereocenters. The van der Waals surface area contributed by atoms with Gasteiger partial charge < -0.3 is 20.1 Å². The molecule has 2 atom stereocenters. The molecule has 2 saturated heterocycles.